The lowest BCUT2D eigenvalue weighted by molar-refractivity contribution is -0.0257. The highest BCUT2D eigenvalue weighted by molar-refractivity contribution is 7.32. The number of aliphatic hydroxyl groups excluding tert-OH is 1. The van der Waals surface area contributed by atoms with Gasteiger partial charge in [0.25, 0.3) is 0 Å². The highest BCUT2D eigenvalue weighted by atomic mass is 31.1. The van der Waals surface area contributed by atoms with Crippen molar-refractivity contribution in [2.24, 2.45) is 0 Å². The maximum atomic E-state index is 10.4. The van der Waals surface area contributed by atoms with Crippen molar-refractivity contribution in [2.45, 2.75) is 142 Å². The van der Waals surface area contributed by atoms with Crippen molar-refractivity contribution >= 4 is 8.25 Å². The molecule has 0 spiro atoms. The van der Waals surface area contributed by atoms with Crippen LogP contribution in [0.3, 0.4) is 0 Å². The predicted octanol–water partition coefficient (Wildman–Crippen LogP) is 7.53. The zero-order valence-corrected chi connectivity index (χ0v) is 18.9. The van der Waals surface area contributed by atoms with Gasteiger partial charge in [0, 0.05) is 0 Å². The first kappa shape index (κ1) is 27.1. The van der Waals surface area contributed by atoms with E-state index in [4.69, 9.17) is 4.89 Å². The lowest BCUT2D eigenvalue weighted by Gasteiger charge is -2.08. The van der Waals surface area contributed by atoms with Crippen LogP contribution in [0.25, 0.3) is 0 Å². The van der Waals surface area contributed by atoms with E-state index in [2.05, 4.69) is 11.4 Å². The Morgan fingerprint density at radius 3 is 1.22 bits per heavy atom. The summed E-state index contributed by atoms with van der Waals surface area (Å²) in [6.07, 6.45) is 24.8. The fourth-order valence-electron chi connectivity index (χ4n) is 3.57. The van der Waals surface area contributed by atoms with Gasteiger partial charge >= 0.3 is 8.25 Å². The molecule has 0 fully saturated rings. The third kappa shape index (κ3) is 24.1. The van der Waals surface area contributed by atoms with Crippen LogP contribution in [0.5, 0.6) is 0 Å². The largest absolute Gasteiger partial charge is 0.368 e. The van der Waals surface area contributed by atoms with Gasteiger partial charge in [-0.25, -0.2) is 0 Å². The highest BCUT2D eigenvalue weighted by Crippen LogP contribution is 2.20. The first-order chi connectivity index (χ1) is 13.2. The zero-order valence-electron chi connectivity index (χ0n) is 17.9. The maximum Gasteiger partial charge on any atom is 0.318 e. The van der Waals surface area contributed by atoms with E-state index in [0.29, 0.717) is 6.42 Å². The molecule has 0 aliphatic carbocycles. The highest BCUT2D eigenvalue weighted by Gasteiger charge is 2.06. The van der Waals surface area contributed by atoms with Crippen LogP contribution in [0.2, 0.25) is 0 Å². The lowest BCUT2D eigenvalue weighted by atomic mass is 10.0. The van der Waals surface area contributed by atoms with Crippen LogP contribution in [0.15, 0.2) is 0 Å². The molecule has 27 heavy (non-hydrogen) atoms. The third-order valence-electron chi connectivity index (χ3n) is 5.29. The minimum absolute atomic E-state index is 0.454. The number of hydrogen-bond acceptors (Lipinski definition) is 3. The van der Waals surface area contributed by atoms with Crippen LogP contribution in [0.1, 0.15) is 135 Å². The fourth-order valence-corrected chi connectivity index (χ4v) is 3.92. The Balaban J connectivity index is 3.06. The maximum absolute atomic E-state index is 10.4. The Bertz CT molecular complexity index is 313. The Labute approximate surface area is 169 Å². The van der Waals surface area contributed by atoms with Gasteiger partial charge in [0.1, 0.15) is 0 Å². The summed E-state index contributed by atoms with van der Waals surface area (Å²) in [5, 5.41) is 9.31. The molecule has 0 saturated carbocycles. The second-order valence-corrected chi connectivity index (χ2v) is 8.76. The van der Waals surface area contributed by atoms with Crippen LogP contribution in [0, 0.1) is 0 Å². The van der Waals surface area contributed by atoms with Crippen LogP contribution in [-0.4, -0.2) is 16.3 Å². The van der Waals surface area contributed by atoms with Crippen molar-refractivity contribution in [3.63, 3.8) is 0 Å². The van der Waals surface area contributed by atoms with Gasteiger partial charge in [-0.1, -0.05) is 122 Å². The second kappa shape index (κ2) is 22.4. The van der Waals surface area contributed by atoms with Gasteiger partial charge in [-0.15, -0.1) is 0 Å². The van der Waals surface area contributed by atoms with E-state index in [-0.39, 0.29) is 0 Å². The Kier molecular flexibility index (Phi) is 22.5. The molecule has 4 nitrogen and oxygen atoms in total. The van der Waals surface area contributed by atoms with Gasteiger partial charge in [-0.05, 0) is 12.8 Å². The van der Waals surface area contributed by atoms with Crippen LogP contribution in [-0.2, 0) is 9.09 Å². The molecule has 0 aromatic heterocycles. The molecule has 0 aliphatic rings. The Morgan fingerprint density at radius 2 is 0.926 bits per heavy atom. The smallest absolute Gasteiger partial charge is 0.318 e. The predicted molar refractivity (Wildman–Crippen MR) is 116 cm³/mol. The van der Waals surface area contributed by atoms with E-state index in [1.54, 1.807) is 0 Å². The number of hydrogen-bond donors (Lipinski definition) is 2. The summed E-state index contributed by atoms with van der Waals surface area (Å²) in [6, 6.07) is 0. The van der Waals surface area contributed by atoms with Crippen molar-refractivity contribution in [3.8, 4) is 0 Å². The molecule has 2 N–H and O–H groups in total. The quantitative estimate of drug-likeness (QED) is 0.111. The topological polar surface area (TPSA) is 66.8 Å². The standard InChI is InChI=1S/C22H47O4P/c1-2-3-4-5-6-7-8-9-10-11-12-13-14-15-16-17-18-19-20-21-22(23)26-27(24)25/h22-23,27H,2-21H2,1H3,(H,24,25). The summed E-state index contributed by atoms with van der Waals surface area (Å²) in [4.78, 5) is 8.55. The van der Waals surface area contributed by atoms with Crippen LogP contribution in [0.4, 0.5) is 0 Å². The molecule has 2 atom stereocenters. The first-order valence-electron chi connectivity index (χ1n) is 11.7. The molecule has 0 saturated heterocycles. The monoisotopic (exact) mass is 406 g/mol. The summed E-state index contributed by atoms with van der Waals surface area (Å²) in [7, 11) is -3.01. The van der Waals surface area contributed by atoms with Crippen LogP contribution >= 0.6 is 8.25 Å². The summed E-state index contributed by atoms with van der Waals surface area (Å²) < 4.78 is 14.9. The van der Waals surface area contributed by atoms with Crippen molar-refractivity contribution in [2.75, 3.05) is 0 Å². The van der Waals surface area contributed by atoms with Gasteiger partial charge in [0.05, 0.1) is 0 Å². The molecule has 0 bridgehead atoms. The lowest BCUT2D eigenvalue weighted by Crippen LogP contribution is -2.06. The van der Waals surface area contributed by atoms with E-state index in [1.807, 2.05) is 0 Å². The van der Waals surface area contributed by atoms with Gasteiger partial charge in [0.2, 0.25) is 0 Å². The molecule has 0 rings (SSSR count). The zero-order chi connectivity index (χ0) is 20.0. The van der Waals surface area contributed by atoms with Crippen molar-refractivity contribution < 1.29 is 19.1 Å². The molecule has 0 amide bonds. The summed E-state index contributed by atoms with van der Waals surface area (Å²) in [5.74, 6) is 0. The molecule has 2 unspecified atom stereocenters. The van der Waals surface area contributed by atoms with Crippen LogP contribution < -0.4 is 0 Å². The minimum Gasteiger partial charge on any atom is -0.368 e. The Hall–Kier alpha value is 0.110. The summed E-state index contributed by atoms with van der Waals surface area (Å²) in [6.45, 7) is 2.28. The van der Waals surface area contributed by atoms with E-state index in [1.165, 1.54) is 109 Å². The number of rotatable bonds is 22. The Morgan fingerprint density at radius 1 is 0.630 bits per heavy atom. The minimum atomic E-state index is -3.01. The van der Waals surface area contributed by atoms with Crippen molar-refractivity contribution in [1.82, 2.24) is 0 Å². The average Bonchev–Trinajstić information content (AvgIpc) is 2.63. The molecular weight excluding hydrogens is 359 g/mol. The van der Waals surface area contributed by atoms with Gasteiger partial charge in [0.15, 0.2) is 6.29 Å². The molecule has 0 aromatic rings. The van der Waals surface area contributed by atoms with E-state index < -0.39 is 14.5 Å². The van der Waals surface area contributed by atoms with Gasteiger partial charge < -0.3 is 10.00 Å². The molecule has 0 radical (unpaired) electrons. The van der Waals surface area contributed by atoms with Gasteiger partial charge in [-0.2, -0.15) is 0 Å². The number of aliphatic hydroxyl groups is 1. The number of unbranched alkanes of at least 4 members (excludes halogenated alkanes) is 18. The van der Waals surface area contributed by atoms with Gasteiger partial charge in [-0.3, -0.25) is 9.09 Å². The first-order valence-corrected chi connectivity index (χ1v) is 13.0. The fraction of sp³-hybridized carbons (Fsp3) is 1.00. The summed E-state index contributed by atoms with van der Waals surface area (Å²) >= 11 is 0. The molecule has 5 heteroatoms. The molecular formula is C22H47O4P. The summed E-state index contributed by atoms with van der Waals surface area (Å²) in [5.41, 5.74) is 0. The third-order valence-corrected chi connectivity index (χ3v) is 5.77. The molecule has 0 aromatic carbocycles. The molecule has 0 heterocycles. The van der Waals surface area contributed by atoms with E-state index in [9.17, 15) is 9.67 Å². The average molecular weight is 407 g/mol. The van der Waals surface area contributed by atoms with E-state index >= 15 is 0 Å². The molecule has 164 valence electrons. The second-order valence-electron chi connectivity index (χ2n) is 7.99. The van der Waals surface area contributed by atoms with E-state index in [0.717, 1.165) is 12.8 Å². The molecule has 0 aliphatic heterocycles. The van der Waals surface area contributed by atoms with Crippen molar-refractivity contribution in [1.29, 1.82) is 0 Å². The van der Waals surface area contributed by atoms with Crippen molar-refractivity contribution in [3.05, 3.63) is 0 Å². The SMILES string of the molecule is CCCCCCCCCCCCCCCCCCCCCC(O)O[PH](=O)O. The normalized spacial score (nSPS) is 13.7.